The fourth-order valence-corrected chi connectivity index (χ4v) is 3.22. The fraction of sp³-hybridized carbons (Fsp3) is 0.500. The second kappa shape index (κ2) is 4.94. The summed E-state index contributed by atoms with van der Waals surface area (Å²) in [4.78, 5) is 13.3. The second-order valence-corrected chi connectivity index (χ2v) is 4.93. The molecule has 0 aliphatic carbocycles. The highest BCUT2D eigenvalue weighted by Crippen LogP contribution is 2.33. The standard InChI is InChI=1S/C10H13BrO2S/c1-4-5-7-8(11)6(2)9(14-7)10(12)13-3/h4-5H2,1-3H3. The molecule has 0 unspecified atom stereocenters. The molecule has 1 aromatic rings. The van der Waals surface area contributed by atoms with E-state index in [0.717, 1.165) is 22.9 Å². The predicted molar refractivity (Wildman–Crippen MR) is 62.1 cm³/mol. The third-order valence-corrected chi connectivity index (χ3v) is 4.66. The van der Waals surface area contributed by atoms with Crippen molar-refractivity contribution in [1.29, 1.82) is 0 Å². The number of ether oxygens (including phenoxy) is 1. The van der Waals surface area contributed by atoms with Crippen molar-refractivity contribution in [2.24, 2.45) is 0 Å². The number of rotatable bonds is 3. The molecule has 0 radical (unpaired) electrons. The van der Waals surface area contributed by atoms with Crippen molar-refractivity contribution in [3.05, 3.63) is 19.8 Å². The zero-order chi connectivity index (χ0) is 10.7. The van der Waals surface area contributed by atoms with Gasteiger partial charge >= 0.3 is 5.97 Å². The number of hydrogen-bond acceptors (Lipinski definition) is 3. The van der Waals surface area contributed by atoms with Gasteiger partial charge < -0.3 is 4.74 Å². The Kier molecular flexibility index (Phi) is 4.13. The lowest BCUT2D eigenvalue weighted by Gasteiger charge is -1.95. The maximum Gasteiger partial charge on any atom is 0.348 e. The molecule has 0 bridgehead atoms. The van der Waals surface area contributed by atoms with Crippen LogP contribution >= 0.6 is 27.3 Å². The van der Waals surface area contributed by atoms with Gasteiger partial charge in [-0.05, 0) is 34.8 Å². The number of methoxy groups -OCH3 is 1. The molecule has 1 rings (SSSR count). The van der Waals surface area contributed by atoms with E-state index in [4.69, 9.17) is 4.74 Å². The van der Waals surface area contributed by atoms with E-state index < -0.39 is 0 Å². The average molecular weight is 277 g/mol. The number of halogens is 1. The smallest absolute Gasteiger partial charge is 0.348 e. The topological polar surface area (TPSA) is 26.3 Å². The summed E-state index contributed by atoms with van der Waals surface area (Å²) in [5, 5.41) is 0. The summed E-state index contributed by atoms with van der Waals surface area (Å²) in [6, 6.07) is 0. The van der Waals surface area contributed by atoms with Gasteiger partial charge in [-0.15, -0.1) is 11.3 Å². The van der Waals surface area contributed by atoms with E-state index in [-0.39, 0.29) is 5.97 Å². The van der Waals surface area contributed by atoms with Gasteiger partial charge in [-0.1, -0.05) is 13.3 Å². The molecular weight excluding hydrogens is 264 g/mol. The summed E-state index contributed by atoms with van der Waals surface area (Å²) < 4.78 is 5.77. The van der Waals surface area contributed by atoms with Gasteiger partial charge in [0.1, 0.15) is 4.88 Å². The molecule has 0 saturated heterocycles. The van der Waals surface area contributed by atoms with Crippen LogP contribution in [-0.4, -0.2) is 13.1 Å². The first-order valence-corrected chi connectivity index (χ1v) is 6.08. The summed E-state index contributed by atoms with van der Waals surface area (Å²) in [6.45, 7) is 4.06. The van der Waals surface area contributed by atoms with Gasteiger partial charge in [0.05, 0.1) is 7.11 Å². The predicted octanol–water partition coefficient (Wildman–Crippen LogP) is 3.56. The molecule has 0 spiro atoms. The van der Waals surface area contributed by atoms with Crippen molar-refractivity contribution in [2.45, 2.75) is 26.7 Å². The average Bonchev–Trinajstić information content (AvgIpc) is 2.46. The van der Waals surface area contributed by atoms with E-state index in [0.29, 0.717) is 4.88 Å². The molecule has 2 nitrogen and oxygen atoms in total. The SMILES string of the molecule is CCCc1sc(C(=O)OC)c(C)c1Br. The van der Waals surface area contributed by atoms with Gasteiger partial charge in [-0.25, -0.2) is 4.79 Å². The maximum absolute atomic E-state index is 11.4. The first kappa shape index (κ1) is 11.7. The van der Waals surface area contributed by atoms with Crippen LogP contribution in [0.1, 0.15) is 33.5 Å². The van der Waals surface area contributed by atoms with Gasteiger partial charge in [-0.3, -0.25) is 0 Å². The minimum atomic E-state index is -0.240. The van der Waals surface area contributed by atoms with Crippen LogP contribution in [0.4, 0.5) is 0 Å². The van der Waals surface area contributed by atoms with Gasteiger partial charge in [0, 0.05) is 9.35 Å². The molecule has 78 valence electrons. The molecule has 1 heterocycles. The first-order chi connectivity index (χ1) is 6.61. The third kappa shape index (κ3) is 2.17. The van der Waals surface area contributed by atoms with Crippen LogP contribution in [0.2, 0.25) is 0 Å². The highest BCUT2D eigenvalue weighted by molar-refractivity contribution is 9.10. The van der Waals surface area contributed by atoms with Crippen molar-refractivity contribution in [3.8, 4) is 0 Å². The Labute approximate surface area is 96.4 Å². The first-order valence-electron chi connectivity index (χ1n) is 4.47. The van der Waals surface area contributed by atoms with E-state index in [1.165, 1.54) is 23.3 Å². The van der Waals surface area contributed by atoms with Crippen LogP contribution in [-0.2, 0) is 11.2 Å². The molecular formula is C10H13BrO2S. The van der Waals surface area contributed by atoms with Gasteiger partial charge in [0.2, 0.25) is 0 Å². The minimum Gasteiger partial charge on any atom is -0.465 e. The van der Waals surface area contributed by atoms with Crippen LogP contribution in [0.5, 0.6) is 0 Å². The summed E-state index contributed by atoms with van der Waals surface area (Å²) in [7, 11) is 1.41. The van der Waals surface area contributed by atoms with Gasteiger partial charge in [-0.2, -0.15) is 0 Å². The Morgan fingerprint density at radius 2 is 2.21 bits per heavy atom. The number of thiophene rings is 1. The molecule has 0 aromatic carbocycles. The maximum atomic E-state index is 11.4. The Hall–Kier alpha value is -0.350. The van der Waals surface area contributed by atoms with Crippen LogP contribution in [0, 0.1) is 6.92 Å². The zero-order valence-corrected chi connectivity index (χ0v) is 10.9. The number of esters is 1. The van der Waals surface area contributed by atoms with Crippen LogP contribution in [0.3, 0.4) is 0 Å². The van der Waals surface area contributed by atoms with E-state index in [2.05, 4.69) is 22.9 Å². The van der Waals surface area contributed by atoms with E-state index in [1.54, 1.807) is 0 Å². The lowest BCUT2D eigenvalue weighted by Crippen LogP contribution is -1.99. The number of carbonyl (C=O) groups excluding carboxylic acids is 1. The minimum absolute atomic E-state index is 0.240. The van der Waals surface area contributed by atoms with Crippen molar-refractivity contribution in [3.63, 3.8) is 0 Å². The quantitative estimate of drug-likeness (QED) is 0.790. The van der Waals surface area contributed by atoms with Crippen molar-refractivity contribution >= 4 is 33.2 Å². The monoisotopic (exact) mass is 276 g/mol. The number of carbonyl (C=O) groups is 1. The summed E-state index contributed by atoms with van der Waals surface area (Å²) >= 11 is 5.02. The Bertz CT molecular complexity index is 344. The molecule has 0 saturated carbocycles. The lowest BCUT2D eigenvalue weighted by atomic mass is 10.2. The van der Waals surface area contributed by atoms with Gasteiger partial charge in [0.25, 0.3) is 0 Å². The van der Waals surface area contributed by atoms with Crippen molar-refractivity contribution < 1.29 is 9.53 Å². The number of hydrogen-bond donors (Lipinski definition) is 0. The highest BCUT2D eigenvalue weighted by Gasteiger charge is 2.18. The van der Waals surface area contributed by atoms with E-state index >= 15 is 0 Å². The summed E-state index contributed by atoms with van der Waals surface area (Å²) in [5.41, 5.74) is 0.991. The molecule has 14 heavy (non-hydrogen) atoms. The molecule has 0 N–H and O–H groups in total. The van der Waals surface area contributed by atoms with Gasteiger partial charge in [0.15, 0.2) is 0 Å². The normalized spacial score (nSPS) is 10.3. The molecule has 0 fully saturated rings. The third-order valence-electron chi connectivity index (χ3n) is 1.99. The molecule has 4 heteroatoms. The number of aryl methyl sites for hydroxylation is 1. The molecule has 0 atom stereocenters. The van der Waals surface area contributed by atoms with E-state index in [9.17, 15) is 4.79 Å². The molecule has 0 aliphatic heterocycles. The Balaban J connectivity index is 3.08. The second-order valence-electron chi connectivity index (χ2n) is 3.03. The summed E-state index contributed by atoms with van der Waals surface area (Å²) in [5.74, 6) is -0.240. The van der Waals surface area contributed by atoms with Crippen LogP contribution in [0.15, 0.2) is 4.47 Å². The fourth-order valence-electron chi connectivity index (χ4n) is 1.23. The summed E-state index contributed by atoms with van der Waals surface area (Å²) in [6.07, 6.45) is 2.09. The van der Waals surface area contributed by atoms with Crippen molar-refractivity contribution in [1.82, 2.24) is 0 Å². The molecule has 0 amide bonds. The van der Waals surface area contributed by atoms with Crippen molar-refractivity contribution in [2.75, 3.05) is 7.11 Å². The highest BCUT2D eigenvalue weighted by atomic mass is 79.9. The zero-order valence-electron chi connectivity index (χ0n) is 8.52. The van der Waals surface area contributed by atoms with Crippen LogP contribution < -0.4 is 0 Å². The largest absolute Gasteiger partial charge is 0.465 e. The Morgan fingerprint density at radius 3 is 2.71 bits per heavy atom. The lowest BCUT2D eigenvalue weighted by molar-refractivity contribution is 0.0605. The Morgan fingerprint density at radius 1 is 1.57 bits per heavy atom. The molecule has 1 aromatic heterocycles. The molecule has 0 aliphatic rings. The van der Waals surface area contributed by atoms with Crippen LogP contribution in [0.25, 0.3) is 0 Å². The van der Waals surface area contributed by atoms with E-state index in [1.807, 2.05) is 6.92 Å².